The van der Waals surface area contributed by atoms with E-state index in [1.807, 2.05) is 0 Å². The first kappa shape index (κ1) is 12.4. The van der Waals surface area contributed by atoms with E-state index in [4.69, 9.17) is 16.0 Å². The molecule has 0 amide bonds. The lowest BCUT2D eigenvalue weighted by atomic mass is 10.0. The Morgan fingerprint density at radius 3 is 2.33 bits per heavy atom. The van der Waals surface area contributed by atoms with Gasteiger partial charge in [0.15, 0.2) is 0 Å². The molecule has 0 heterocycles. The number of nitrogen functional groups attached to an aromatic ring is 2. The largest absolute Gasteiger partial charge is 0.397 e. The lowest BCUT2D eigenvalue weighted by Crippen LogP contribution is -1.99. The monoisotopic (exact) mass is 264 g/mol. The summed E-state index contributed by atoms with van der Waals surface area (Å²) in [6, 6.07) is 11.0. The van der Waals surface area contributed by atoms with Crippen LogP contribution in [0.3, 0.4) is 0 Å². The fraction of sp³-hybridized carbons (Fsp3) is 0. The van der Waals surface area contributed by atoms with Crippen molar-refractivity contribution in [1.29, 1.82) is 0 Å². The molecule has 0 aliphatic heterocycles. The van der Waals surface area contributed by atoms with E-state index in [1.54, 1.807) is 24.3 Å². The molecular formula is C12H12N2O3S. The van der Waals surface area contributed by atoms with Crippen LogP contribution in [-0.2, 0) is 10.1 Å². The first-order valence-corrected chi connectivity index (χ1v) is 6.55. The lowest BCUT2D eigenvalue weighted by Gasteiger charge is -2.09. The first-order chi connectivity index (χ1) is 8.39. The molecule has 0 spiro atoms. The third-order valence-electron chi connectivity index (χ3n) is 2.58. The van der Waals surface area contributed by atoms with Crippen LogP contribution in [0, 0.1) is 0 Å². The van der Waals surface area contributed by atoms with Crippen LogP contribution in [0.2, 0.25) is 0 Å². The molecule has 94 valence electrons. The Hall–Kier alpha value is -2.05. The van der Waals surface area contributed by atoms with Gasteiger partial charge in [0.1, 0.15) is 0 Å². The van der Waals surface area contributed by atoms with Crippen molar-refractivity contribution in [3.8, 4) is 11.1 Å². The molecule has 0 saturated carbocycles. The third-order valence-corrected chi connectivity index (χ3v) is 3.43. The van der Waals surface area contributed by atoms with Crippen molar-refractivity contribution in [3.63, 3.8) is 0 Å². The number of hydrogen-bond donors (Lipinski definition) is 3. The maximum absolute atomic E-state index is 11.1. The summed E-state index contributed by atoms with van der Waals surface area (Å²) < 4.78 is 31.1. The van der Waals surface area contributed by atoms with Gasteiger partial charge in [0, 0.05) is 5.56 Å². The number of benzene rings is 2. The van der Waals surface area contributed by atoms with Gasteiger partial charge in [-0.25, -0.2) is 0 Å². The van der Waals surface area contributed by atoms with Crippen molar-refractivity contribution < 1.29 is 13.0 Å². The molecule has 2 rings (SSSR count). The highest BCUT2D eigenvalue weighted by atomic mass is 32.2. The third kappa shape index (κ3) is 2.29. The number of rotatable bonds is 2. The van der Waals surface area contributed by atoms with E-state index in [9.17, 15) is 8.42 Å². The average Bonchev–Trinajstić information content (AvgIpc) is 2.32. The molecule has 5 nitrogen and oxygen atoms in total. The Morgan fingerprint density at radius 2 is 1.67 bits per heavy atom. The van der Waals surface area contributed by atoms with Crippen molar-refractivity contribution >= 4 is 21.5 Å². The number of hydrogen-bond acceptors (Lipinski definition) is 4. The second-order valence-electron chi connectivity index (χ2n) is 3.81. The summed E-state index contributed by atoms with van der Waals surface area (Å²) in [4.78, 5) is -0.179. The van der Waals surface area contributed by atoms with Gasteiger partial charge < -0.3 is 11.5 Å². The van der Waals surface area contributed by atoms with Crippen molar-refractivity contribution in [2.24, 2.45) is 0 Å². The molecule has 0 aliphatic carbocycles. The molecule has 2 aromatic rings. The summed E-state index contributed by atoms with van der Waals surface area (Å²) in [5.74, 6) is 0. The van der Waals surface area contributed by atoms with Crippen LogP contribution in [-0.4, -0.2) is 13.0 Å². The molecule has 0 aromatic heterocycles. The van der Waals surface area contributed by atoms with Crippen molar-refractivity contribution in [3.05, 3.63) is 42.5 Å². The van der Waals surface area contributed by atoms with E-state index in [0.29, 0.717) is 22.5 Å². The molecule has 5 N–H and O–H groups in total. The fourth-order valence-electron chi connectivity index (χ4n) is 1.66. The number of nitrogens with two attached hydrogens (primary N) is 2. The molecule has 0 aliphatic rings. The SMILES string of the molecule is Nc1cccc(-c2cccc(S(=O)(=O)O)c2)c1N. The summed E-state index contributed by atoms with van der Waals surface area (Å²) >= 11 is 0. The van der Waals surface area contributed by atoms with Crippen molar-refractivity contribution in [2.75, 3.05) is 11.5 Å². The smallest absolute Gasteiger partial charge is 0.294 e. The molecule has 0 radical (unpaired) electrons. The highest BCUT2D eigenvalue weighted by molar-refractivity contribution is 7.85. The van der Waals surface area contributed by atoms with Gasteiger partial charge in [0.2, 0.25) is 0 Å². The molecule has 0 unspecified atom stereocenters. The van der Waals surface area contributed by atoms with Gasteiger partial charge in [-0.15, -0.1) is 0 Å². The van der Waals surface area contributed by atoms with E-state index in [2.05, 4.69) is 0 Å². The van der Waals surface area contributed by atoms with Crippen molar-refractivity contribution in [2.45, 2.75) is 4.90 Å². The molecule has 0 fully saturated rings. The summed E-state index contributed by atoms with van der Waals surface area (Å²) in [5.41, 5.74) is 13.5. The maximum atomic E-state index is 11.1. The van der Waals surface area contributed by atoms with Gasteiger partial charge in [-0.2, -0.15) is 8.42 Å². The van der Waals surface area contributed by atoms with E-state index in [-0.39, 0.29) is 4.90 Å². The molecule has 0 atom stereocenters. The Labute approximate surface area is 105 Å². The first-order valence-electron chi connectivity index (χ1n) is 5.11. The summed E-state index contributed by atoms with van der Waals surface area (Å²) in [7, 11) is -4.23. The quantitative estimate of drug-likeness (QED) is 0.566. The Kier molecular flexibility index (Phi) is 2.98. The van der Waals surface area contributed by atoms with Crippen LogP contribution < -0.4 is 11.5 Å². The minimum absolute atomic E-state index is 0.179. The highest BCUT2D eigenvalue weighted by Crippen LogP contribution is 2.31. The highest BCUT2D eigenvalue weighted by Gasteiger charge is 2.12. The minimum Gasteiger partial charge on any atom is -0.397 e. The zero-order valence-corrected chi connectivity index (χ0v) is 10.2. The number of para-hydroxylation sites is 1. The Bertz CT molecular complexity index is 696. The van der Waals surface area contributed by atoms with E-state index >= 15 is 0 Å². The molecule has 6 heteroatoms. The second kappa shape index (κ2) is 4.32. The van der Waals surface area contributed by atoms with Crippen LogP contribution in [0.15, 0.2) is 47.4 Å². The summed E-state index contributed by atoms with van der Waals surface area (Å²) in [5, 5.41) is 0. The van der Waals surface area contributed by atoms with E-state index in [1.165, 1.54) is 18.2 Å². The molecular weight excluding hydrogens is 252 g/mol. The minimum atomic E-state index is -4.23. The van der Waals surface area contributed by atoms with Gasteiger partial charge in [0.25, 0.3) is 10.1 Å². The van der Waals surface area contributed by atoms with Crippen LogP contribution >= 0.6 is 0 Å². The van der Waals surface area contributed by atoms with Gasteiger partial charge in [0.05, 0.1) is 16.3 Å². The topological polar surface area (TPSA) is 106 Å². The van der Waals surface area contributed by atoms with Gasteiger partial charge in [-0.05, 0) is 23.8 Å². The molecule has 0 saturated heterocycles. The Morgan fingerprint density at radius 1 is 1.00 bits per heavy atom. The van der Waals surface area contributed by atoms with Crippen molar-refractivity contribution in [1.82, 2.24) is 0 Å². The molecule has 0 bridgehead atoms. The van der Waals surface area contributed by atoms with E-state index < -0.39 is 10.1 Å². The summed E-state index contributed by atoms with van der Waals surface area (Å²) in [6.45, 7) is 0. The molecule has 18 heavy (non-hydrogen) atoms. The summed E-state index contributed by atoms with van der Waals surface area (Å²) in [6.07, 6.45) is 0. The van der Waals surface area contributed by atoms with Crippen LogP contribution in [0.4, 0.5) is 11.4 Å². The van der Waals surface area contributed by atoms with Gasteiger partial charge in [-0.1, -0.05) is 24.3 Å². The predicted octanol–water partition coefficient (Wildman–Crippen LogP) is 1.76. The fourth-order valence-corrected chi connectivity index (χ4v) is 2.19. The average molecular weight is 264 g/mol. The van der Waals surface area contributed by atoms with Gasteiger partial charge >= 0.3 is 0 Å². The van der Waals surface area contributed by atoms with Crippen LogP contribution in [0.25, 0.3) is 11.1 Å². The van der Waals surface area contributed by atoms with Gasteiger partial charge in [-0.3, -0.25) is 4.55 Å². The van der Waals surface area contributed by atoms with Crippen LogP contribution in [0.1, 0.15) is 0 Å². The zero-order chi connectivity index (χ0) is 13.3. The number of anilines is 2. The Balaban J connectivity index is 2.62. The predicted molar refractivity (Wildman–Crippen MR) is 70.5 cm³/mol. The van der Waals surface area contributed by atoms with Crippen LogP contribution in [0.5, 0.6) is 0 Å². The standard InChI is InChI=1S/C12H12N2O3S/c13-11-6-2-5-10(12(11)14)8-3-1-4-9(7-8)18(15,16)17/h1-7H,13-14H2,(H,15,16,17). The lowest BCUT2D eigenvalue weighted by molar-refractivity contribution is 0.483. The maximum Gasteiger partial charge on any atom is 0.294 e. The second-order valence-corrected chi connectivity index (χ2v) is 5.23. The normalized spacial score (nSPS) is 11.4. The van der Waals surface area contributed by atoms with E-state index in [0.717, 1.165) is 0 Å². The molecule has 2 aromatic carbocycles. The zero-order valence-electron chi connectivity index (χ0n) is 9.37.